The fourth-order valence-corrected chi connectivity index (χ4v) is 1.87. The lowest BCUT2D eigenvalue weighted by Gasteiger charge is -2.06. The molecule has 4 heteroatoms. The number of benzene rings is 1. The topological polar surface area (TPSA) is 39.2 Å². The average molecular weight is 262 g/mol. The molecule has 92 valence electrons. The van der Waals surface area contributed by atoms with Crippen molar-refractivity contribution in [1.82, 2.24) is 4.98 Å². The van der Waals surface area contributed by atoms with E-state index in [0.717, 1.165) is 5.56 Å². The molecule has 0 N–H and O–H groups in total. The number of methoxy groups -OCH3 is 1. The third-order valence-electron chi connectivity index (χ3n) is 2.56. The normalized spacial score (nSPS) is 10.1. The first-order chi connectivity index (χ1) is 8.72. The number of rotatable bonds is 4. The molecule has 18 heavy (non-hydrogen) atoms. The van der Waals surface area contributed by atoms with Crippen LogP contribution < -0.4 is 4.74 Å². The van der Waals surface area contributed by atoms with Crippen molar-refractivity contribution in [3.63, 3.8) is 0 Å². The Morgan fingerprint density at radius 3 is 2.78 bits per heavy atom. The molecule has 1 aromatic carbocycles. The molecule has 0 bridgehead atoms. The number of pyridine rings is 1. The smallest absolute Gasteiger partial charge is 0.189 e. The lowest BCUT2D eigenvalue weighted by molar-refractivity contribution is 0.0985. The number of carbonyl (C=O) groups excluding carboxylic acids is 1. The average Bonchev–Trinajstić information content (AvgIpc) is 2.41. The highest BCUT2D eigenvalue weighted by Gasteiger charge is 2.15. The van der Waals surface area contributed by atoms with E-state index in [-0.39, 0.29) is 12.2 Å². The summed E-state index contributed by atoms with van der Waals surface area (Å²) in [6.45, 7) is 0. The van der Waals surface area contributed by atoms with Crippen molar-refractivity contribution in [2.45, 2.75) is 6.42 Å². The number of aromatic nitrogens is 1. The van der Waals surface area contributed by atoms with E-state index in [2.05, 4.69) is 4.98 Å². The van der Waals surface area contributed by atoms with E-state index in [4.69, 9.17) is 16.3 Å². The Balaban J connectivity index is 2.25. The zero-order valence-corrected chi connectivity index (χ0v) is 10.6. The van der Waals surface area contributed by atoms with E-state index < -0.39 is 0 Å². The summed E-state index contributed by atoms with van der Waals surface area (Å²) >= 11 is 6.03. The lowest BCUT2D eigenvalue weighted by atomic mass is 10.1. The van der Waals surface area contributed by atoms with Crippen molar-refractivity contribution in [3.05, 3.63) is 58.9 Å². The summed E-state index contributed by atoms with van der Waals surface area (Å²) in [7, 11) is 1.52. The van der Waals surface area contributed by atoms with Crippen LogP contribution in [0.3, 0.4) is 0 Å². The van der Waals surface area contributed by atoms with Crippen molar-refractivity contribution in [2.75, 3.05) is 7.11 Å². The minimum Gasteiger partial charge on any atom is -0.494 e. The summed E-state index contributed by atoms with van der Waals surface area (Å²) in [5, 5.41) is 0.584. The molecule has 2 rings (SSSR count). The number of ether oxygens (including phenoxy) is 1. The van der Waals surface area contributed by atoms with Crippen LogP contribution in [0.25, 0.3) is 0 Å². The minimum absolute atomic E-state index is 0.111. The van der Waals surface area contributed by atoms with Crippen LogP contribution in [0.15, 0.2) is 42.6 Å². The monoisotopic (exact) mass is 261 g/mol. The quantitative estimate of drug-likeness (QED) is 0.794. The SMILES string of the molecule is COc1cccnc1C(=O)Cc1ccccc1Cl. The van der Waals surface area contributed by atoms with Gasteiger partial charge in [0.25, 0.3) is 0 Å². The highest BCUT2D eigenvalue weighted by atomic mass is 35.5. The van der Waals surface area contributed by atoms with Gasteiger partial charge in [0.2, 0.25) is 0 Å². The van der Waals surface area contributed by atoms with Crippen LogP contribution in [-0.4, -0.2) is 17.9 Å². The Hall–Kier alpha value is -1.87. The fourth-order valence-electron chi connectivity index (χ4n) is 1.66. The zero-order valence-electron chi connectivity index (χ0n) is 9.89. The van der Waals surface area contributed by atoms with E-state index in [1.165, 1.54) is 7.11 Å². The van der Waals surface area contributed by atoms with Crippen molar-refractivity contribution in [3.8, 4) is 5.75 Å². The molecule has 0 fully saturated rings. The zero-order chi connectivity index (χ0) is 13.0. The van der Waals surface area contributed by atoms with E-state index in [1.807, 2.05) is 18.2 Å². The second kappa shape index (κ2) is 5.65. The molecular weight excluding hydrogens is 250 g/mol. The largest absolute Gasteiger partial charge is 0.494 e. The molecule has 0 unspecified atom stereocenters. The molecule has 0 radical (unpaired) electrons. The van der Waals surface area contributed by atoms with Gasteiger partial charge in [-0.25, -0.2) is 4.98 Å². The number of halogens is 1. The summed E-state index contributed by atoms with van der Waals surface area (Å²) in [4.78, 5) is 16.2. The number of carbonyl (C=O) groups is 1. The van der Waals surface area contributed by atoms with Gasteiger partial charge in [-0.2, -0.15) is 0 Å². The molecule has 0 atom stereocenters. The van der Waals surface area contributed by atoms with Gasteiger partial charge in [0.15, 0.2) is 5.78 Å². The maximum Gasteiger partial charge on any atom is 0.189 e. The molecule has 3 nitrogen and oxygen atoms in total. The Kier molecular flexibility index (Phi) is 3.95. The summed E-state index contributed by atoms with van der Waals surface area (Å²) in [5.41, 5.74) is 1.12. The van der Waals surface area contributed by atoms with Crippen molar-refractivity contribution < 1.29 is 9.53 Å². The number of hydrogen-bond donors (Lipinski definition) is 0. The van der Waals surface area contributed by atoms with E-state index in [1.54, 1.807) is 24.4 Å². The highest BCUT2D eigenvalue weighted by Crippen LogP contribution is 2.20. The van der Waals surface area contributed by atoms with Gasteiger partial charge in [-0.3, -0.25) is 4.79 Å². The van der Waals surface area contributed by atoms with Crippen LogP contribution in [0.2, 0.25) is 5.02 Å². The van der Waals surface area contributed by atoms with Crippen LogP contribution in [0.4, 0.5) is 0 Å². The Morgan fingerprint density at radius 2 is 2.06 bits per heavy atom. The van der Waals surface area contributed by atoms with E-state index in [0.29, 0.717) is 16.5 Å². The van der Waals surface area contributed by atoms with Crippen LogP contribution >= 0.6 is 11.6 Å². The standard InChI is InChI=1S/C14H12ClNO2/c1-18-13-7-4-8-16-14(13)12(17)9-10-5-2-3-6-11(10)15/h2-8H,9H2,1H3. The summed E-state index contributed by atoms with van der Waals surface area (Å²) in [6, 6.07) is 10.7. The van der Waals surface area contributed by atoms with Crippen molar-refractivity contribution in [2.24, 2.45) is 0 Å². The summed E-state index contributed by atoms with van der Waals surface area (Å²) in [6.07, 6.45) is 1.79. The molecule has 2 aromatic rings. The van der Waals surface area contributed by atoms with Crippen LogP contribution in [-0.2, 0) is 6.42 Å². The van der Waals surface area contributed by atoms with Gasteiger partial charge in [-0.15, -0.1) is 0 Å². The number of Topliss-reactive ketones (excluding diaryl/α,β-unsaturated/α-hetero) is 1. The van der Waals surface area contributed by atoms with E-state index >= 15 is 0 Å². The van der Waals surface area contributed by atoms with E-state index in [9.17, 15) is 4.79 Å². The molecule has 0 aliphatic heterocycles. The number of hydrogen-bond acceptors (Lipinski definition) is 3. The molecule has 0 spiro atoms. The molecule has 1 heterocycles. The number of nitrogens with zero attached hydrogens (tertiary/aromatic N) is 1. The van der Waals surface area contributed by atoms with Gasteiger partial charge in [0.1, 0.15) is 11.4 Å². The Labute approximate surface area is 110 Å². The van der Waals surface area contributed by atoms with Gasteiger partial charge in [0, 0.05) is 17.6 Å². The molecule has 1 aromatic heterocycles. The van der Waals surface area contributed by atoms with Crippen LogP contribution in [0.1, 0.15) is 16.1 Å². The highest BCUT2D eigenvalue weighted by molar-refractivity contribution is 6.31. The molecule has 0 saturated carbocycles. The third-order valence-corrected chi connectivity index (χ3v) is 2.93. The molecular formula is C14H12ClNO2. The van der Waals surface area contributed by atoms with Crippen LogP contribution in [0, 0.1) is 0 Å². The summed E-state index contributed by atoms with van der Waals surface area (Å²) in [5.74, 6) is 0.370. The molecule has 0 aliphatic carbocycles. The Morgan fingerprint density at radius 1 is 1.28 bits per heavy atom. The van der Waals surface area contributed by atoms with Gasteiger partial charge in [-0.05, 0) is 23.8 Å². The predicted octanol–water partition coefficient (Wildman–Crippen LogP) is 3.17. The van der Waals surface area contributed by atoms with Gasteiger partial charge >= 0.3 is 0 Å². The fraction of sp³-hybridized carbons (Fsp3) is 0.143. The second-order valence-corrected chi connectivity index (χ2v) is 4.15. The third kappa shape index (κ3) is 2.68. The predicted molar refractivity (Wildman–Crippen MR) is 70.3 cm³/mol. The summed E-state index contributed by atoms with van der Waals surface area (Å²) < 4.78 is 5.12. The molecule has 0 aliphatic rings. The molecule has 0 amide bonds. The maximum absolute atomic E-state index is 12.1. The number of ketones is 1. The minimum atomic E-state index is -0.111. The first-order valence-corrected chi connectivity index (χ1v) is 5.86. The van der Waals surface area contributed by atoms with Gasteiger partial charge in [0.05, 0.1) is 7.11 Å². The van der Waals surface area contributed by atoms with Crippen molar-refractivity contribution in [1.29, 1.82) is 0 Å². The molecule has 0 saturated heterocycles. The van der Waals surface area contributed by atoms with Crippen LogP contribution in [0.5, 0.6) is 5.75 Å². The first-order valence-electron chi connectivity index (χ1n) is 5.48. The Bertz CT molecular complexity index is 569. The second-order valence-electron chi connectivity index (χ2n) is 3.75. The van der Waals surface area contributed by atoms with Crippen molar-refractivity contribution >= 4 is 17.4 Å². The van der Waals surface area contributed by atoms with Gasteiger partial charge in [-0.1, -0.05) is 29.8 Å². The van der Waals surface area contributed by atoms with Gasteiger partial charge < -0.3 is 4.74 Å². The first kappa shape index (κ1) is 12.6. The lowest BCUT2D eigenvalue weighted by Crippen LogP contribution is -2.08. The maximum atomic E-state index is 12.1.